The number of rotatable bonds is 2. The fourth-order valence-corrected chi connectivity index (χ4v) is 4.49. The summed E-state index contributed by atoms with van der Waals surface area (Å²) in [4.78, 5) is 41.3. The number of para-hydroxylation sites is 2. The Balaban J connectivity index is 1.69. The van der Waals surface area contributed by atoms with Crippen molar-refractivity contribution in [2.75, 3.05) is 19.0 Å². The lowest BCUT2D eigenvalue weighted by atomic mass is 9.75. The Hall–Kier alpha value is -4.13. The van der Waals surface area contributed by atoms with Crippen molar-refractivity contribution in [3.63, 3.8) is 0 Å². The molecule has 0 radical (unpaired) electrons. The van der Waals surface area contributed by atoms with Gasteiger partial charge in [-0.2, -0.15) is 0 Å². The van der Waals surface area contributed by atoms with Gasteiger partial charge in [0.25, 0.3) is 11.8 Å². The molecule has 0 saturated carbocycles. The first-order valence-corrected chi connectivity index (χ1v) is 10.6. The van der Waals surface area contributed by atoms with Crippen LogP contribution >= 0.6 is 0 Å². The summed E-state index contributed by atoms with van der Waals surface area (Å²) < 4.78 is 6.29. The molecule has 0 N–H and O–H groups in total. The van der Waals surface area contributed by atoms with E-state index in [9.17, 15) is 14.4 Å². The molecule has 5 rings (SSSR count). The van der Waals surface area contributed by atoms with Crippen LogP contribution in [0.1, 0.15) is 30.7 Å². The summed E-state index contributed by atoms with van der Waals surface area (Å²) in [5.41, 5.74) is 3.52. The van der Waals surface area contributed by atoms with Gasteiger partial charge < -0.3 is 4.42 Å². The number of barbiturate groups is 1. The lowest BCUT2D eigenvalue weighted by Crippen LogP contribution is -2.52. The smallest absolute Gasteiger partial charge is 0.333 e. The molecule has 7 nitrogen and oxygen atoms in total. The minimum Gasteiger partial charge on any atom is -0.440 e. The van der Waals surface area contributed by atoms with Gasteiger partial charge in [0.15, 0.2) is 0 Å². The standard InChI is InChI=1S/C26H23N3O4/c1-26(2)19-12-8-9-13-21(19)29(16-10-6-5-7-11-16)24-20(26)15-17(33-24)14-18-22(30)27(3)25(32)28(4)23(18)31/h5-15H,1-4H3. The summed E-state index contributed by atoms with van der Waals surface area (Å²) in [6.07, 6.45) is 1.42. The molecular formula is C26H23N3O4. The SMILES string of the molecule is CN1C(=O)C(=Cc2cc3c(o2)N(c2ccccc2)c2ccccc2C3(C)C)C(=O)N(C)C1=O. The molecule has 1 saturated heterocycles. The Morgan fingerprint density at radius 2 is 1.42 bits per heavy atom. The minimum absolute atomic E-state index is 0.118. The van der Waals surface area contributed by atoms with E-state index < -0.39 is 17.8 Å². The second kappa shape index (κ2) is 7.20. The fraction of sp³-hybridized carbons (Fsp3) is 0.192. The number of furan rings is 1. The lowest BCUT2D eigenvalue weighted by Gasteiger charge is -2.38. The van der Waals surface area contributed by atoms with Crippen LogP contribution in [-0.4, -0.2) is 41.7 Å². The normalized spacial score (nSPS) is 17.3. The first kappa shape index (κ1) is 20.8. The molecule has 3 heterocycles. The van der Waals surface area contributed by atoms with Crippen molar-refractivity contribution in [1.82, 2.24) is 9.80 Å². The lowest BCUT2D eigenvalue weighted by molar-refractivity contribution is -0.134. The zero-order valence-corrected chi connectivity index (χ0v) is 18.8. The summed E-state index contributed by atoms with van der Waals surface area (Å²) in [7, 11) is 2.71. The number of imide groups is 2. The zero-order chi connectivity index (χ0) is 23.5. The maximum Gasteiger partial charge on any atom is 0.333 e. The van der Waals surface area contributed by atoms with E-state index in [2.05, 4.69) is 26.0 Å². The van der Waals surface area contributed by atoms with Gasteiger partial charge in [-0.25, -0.2) is 4.79 Å². The topological polar surface area (TPSA) is 74.1 Å². The molecule has 0 unspecified atom stereocenters. The number of benzene rings is 2. The number of hydrogen-bond donors (Lipinski definition) is 0. The summed E-state index contributed by atoms with van der Waals surface area (Å²) in [6, 6.07) is 19.3. The van der Waals surface area contributed by atoms with Gasteiger partial charge in [0.2, 0.25) is 5.88 Å². The highest BCUT2D eigenvalue weighted by molar-refractivity contribution is 6.30. The Kier molecular flexibility index (Phi) is 4.53. The van der Waals surface area contributed by atoms with E-state index in [1.807, 2.05) is 53.4 Å². The minimum atomic E-state index is -0.660. The highest BCUT2D eigenvalue weighted by Gasteiger charge is 2.41. The summed E-state index contributed by atoms with van der Waals surface area (Å²) >= 11 is 0. The monoisotopic (exact) mass is 441 g/mol. The quantitative estimate of drug-likeness (QED) is 0.421. The second-order valence-electron chi connectivity index (χ2n) is 8.75. The third-order valence-electron chi connectivity index (χ3n) is 6.37. The van der Waals surface area contributed by atoms with Crippen molar-refractivity contribution >= 4 is 41.2 Å². The maximum absolute atomic E-state index is 12.7. The van der Waals surface area contributed by atoms with Crippen LogP contribution in [0.15, 0.2) is 70.7 Å². The Morgan fingerprint density at radius 1 is 0.818 bits per heavy atom. The Morgan fingerprint density at radius 3 is 2.09 bits per heavy atom. The number of likely N-dealkylation sites (N-methyl/N-ethyl adjacent to an activating group) is 2. The molecule has 33 heavy (non-hydrogen) atoms. The summed E-state index contributed by atoms with van der Waals surface area (Å²) in [5.74, 6) is -0.306. The van der Waals surface area contributed by atoms with Crippen LogP contribution in [0.5, 0.6) is 0 Å². The highest BCUT2D eigenvalue weighted by Crippen LogP contribution is 2.53. The predicted octanol–water partition coefficient (Wildman–Crippen LogP) is 4.82. The van der Waals surface area contributed by atoms with Crippen LogP contribution < -0.4 is 4.90 Å². The molecule has 3 aromatic rings. The Labute approximate surface area is 191 Å². The van der Waals surface area contributed by atoms with Crippen LogP contribution in [0.25, 0.3) is 6.08 Å². The van der Waals surface area contributed by atoms with Crippen LogP contribution in [0.3, 0.4) is 0 Å². The van der Waals surface area contributed by atoms with Crippen molar-refractivity contribution in [2.24, 2.45) is 0 Å². The maximum atomic E-state index is 12.7. The van der Waals surface area contributed by atoms with Gasteiger partial charge in [-0.1, -0.05) is 50.2 Å². The molecule has 2 aliphatic rings. The van der Waals surface area contributed by atoms with Crippen LogP contribution in [0, 0.1) is 0 Å². The van der Waals surface area contributed by atoms with Gasteiger partial charge in [-0.05, 0) is 35.9 Å². The van der Waals surface area contributed by atoms with E-state index in [0.29, 0.717) is 11.6 Å². The number of carbonyl (C=O) groups is 3. The molecule has 4 amide bonds. The molecule has 2 aliphatic heterocycles. The van der Waals surface area contributed by atoms with Gasteiger partial charge in [-0.15, -0.1) is 0 Å². The van der Waals surface area contributed by atoms with Crippen molar-refractivity contribution in [3.05, 3.63) is 83.1 Å². The zero-order valence-electron chi connectivity index (χ0n) is 18.8. The predicted molar refractivity (Wildman–Crippen MR) is 124 cm³/mol. The van der Waals surface area contributed by atoms with Gasteiger partial charge in [0.1, 0.15) is 11.3 Å². The molecule has 0 aliphatic carbocycles. The van der Waals surface area contributed by atoms with E-state index in [0.717, 1.165) is 32.3 Å². The van der Waals surface area contributed by atoms with Crippen LogP contribution in [-0.2, 0) is 15.0 Å². The molecule has 1 aromatic heterocycles. The van der Waals surface area contributed by atoms with Crippen molar-refractivity contribution < 1.29 is 18.8 Å². The first-order valence-electron chi connectivity index (χ1n) is 10.6. The van der Waals surface area contributed by atoms with E-state index in [4.69, 9.17) is 4.42 Å². The average molecular weight is 441 g/mol. The molecule has 0 atom stereocenters. The molecule has 7 heteroatoms. The van der Waals surface area contributed by atoms with E-state index >= 15 is 0 Å². The summed E-state index contributed by atoms with van der Waals surface area (Å²) in [6.45, 7) is 4.24. The van der Waals surface area contributed by atoms with E-state index in [-0.39, 0.29) is 11.0 Å². The van der Waals surface area contributed by atoms with E-state index in [1.165, 1.54) is 20.2 Å². The molecule has 0 spiro atoms. The van der Waals surface area contributed by atoms with Gasteiger partial charge in [0, 0.05) is 30.8 Å². The van der Waals surface area contributed by atoms with Crippen molar-refractivity contribution in [2.45, 2.75) is 19.3 Å². The number of carbonyl (C=O) groups excluding carboxylic acids is 3. The molecular weight excluding hydrogens is 418 g/mol. The fourth-order valence-electron chi connectivity index (χ4n) is 4.49. The van der Waals surface area contributed by atoms with Crippen LogP contribution in [0.4, 0.5) is 22.1 Å². The number of amides is 4. The molecule has 2 aromatic carbocycles. The van der Waals surface area contributed by atoms with Crippen LogP contribution in [0.2, 0.25) is 0 Å². The average Bonchev–Trinajstić information content (AvgIpc) is 3.25. The molecule has 1 fully saturated rings. The van der Waals surface area contributed by atoms with Crippen molar-refractivity contribution in [3.8, 4) is 0 Å². The Bertz CT molecular complexity index is 1310. The third-order valence-corrected chi connectivity index (χ3v) is 6.37. The third kappa shape index (κ3) is 3.00. The highest BCUT2D eigenvalue weighted by atomic mass is 16.4. The van der Waals surface area contributed by atoms with Gasteiger partial charge >= 0.3 is 6.03 Å². The molecule has 166 valence electrons. The van der Waals surface area contributed by atoms with Gasteiger partial charge in [-0.3, -0.25) is 24.3 Å². The number of anilines is 3. The summed E-state index contributed by atoms with van der Waals surface area (Å²) in [5, 5.41) is 0. The second-order valence-corrected chi connectivity index (χ2v) is 8.75. The van der Waals surface area contributed by atoms with Crippen molar-refractivity contribution in [1.29, 1.82) is 0 Å². The number of nitrogens with zero attached hydrogens (tertiary/aromatic N) is 3. The molecule has 0 bridgehead atoms. The number of fused-ring (bicyclic) bond motifs is 2. The number of urea groups is 1. The van der Waals surface area contributed by atoms with Gasteiger partial charge in [0.05, 0.1) is 5.69 Å². The first-order chi connectivity index (χ1) is 15.7. The number of hydrogen-bond acceptors (Lipinski definition) is 5. The largest absolute Gasteiger partial charge is 0.440 e. The van der Waals surface area contributed by atoms with E-state index in [1.54, 1.807) is 0 Å².